The first-order valence-electron chi connectivity index (χ1n) is 6.33. The molecule has 6 heteroatoms. The summed E-state index contributed by atoms with van der Waals surface area (Å²) >= 11 is 0. The smallest absolute Gasteiger partial charge is 0.264 e. The van der Waals surface area contributed by atoms with Gasteiger partial charge < -0.3 is 0 Å². The molecule has 0 saturated heterocycles. The highest BCUT2D eigenvalue weighted by molar-refractivity contribution is 5.56. The Kier molecular flexibility index (Phi) is 3.12. The van der Waals surface area contributed by atoms with Crippen molar-refractivity contribution in [2.75, 3.05) is 0 Å². The van der Waals surface area contributed by atoms with E-state index in [1.807, 2.05) is 19.1 Å². The minimum absolute atomic E-state index is 0.146. The molecule has 0 unspecified atom stereocenters. The molecule has 0 radical (unpaired) electrons. The fourth-order valence-electron chi connectivity index (χ4n) is 1.99. The lowest BCUT2D eigenvalue weighted by molar-refractivity contribution is 0.935. The molecule has 6 nitrogen and oxygen atoms in total. The molecular formula is C14H13N5O. The molecule has 0 atom stereocenters. The Labute approximate surface area is 115 Å². The standard InChI is InChI=1S/C14H13N5O/c1-2-10-5-6-11(8-15-10)19-7-3-4-12(14(19)20)13-9-16-18-17-13/h3-9H,2H2,1H3,(H,16,17,18). The maximum atomic E-state index is 12.5. The van der Waals surface area contributed by atoms with Crippen molar-refractivity contribution in [2.45, 2.75) is 13.3 Å². The van der Waals surface area contributed by atoms with Crippen molar-refractivity contribution >= 4 is 0 Å². The monoisotopic (exact) mass is 267 g/mol. The van der Waals surface area contributed by atoms with E-state index < -0.39 is 0 Å². The summed E-state index contributed by atoms with van der Waals surface area (Å²) in [6.45, 7) is 2.04. The van der Waals surface area contributed by atoms with E-state index >= 15 is 0 Å². The van der Waals surface area contributed by atoms with Gasteiger partial charge in [-0.1, -0.05) is 12.1 Å². The number of nitrogens with zero attached hydrogens (tertiary/aromatic N) is 4. The highest BCUT2D eigenvalue weighted by Crippen LogP contribution is 2.11. The Morgan fingerprint density at radius 2 is 2.20 bits per heavy atom. The minimum Gasteiger partial charge on any atom is -0.282 e. The molecule has 0 aliphatic heterocycles. The fraction of sp³-hybridized carbons (Fsp3) is 0.143. The Hall–Kier alpha value is -2.76. The zero-order valence-corrected chi connectivity index (χ0v) is 10.9. The molecule has 0 bridgehead atoms. The molecule has 20 heavy (non-hydrogen) atoms. The van der Waals surface area contributed by atoms with E-state index in [1.54, 1.807) is 35.3 Å². The summed E-state index contributed by atoms with van der Waals surface area (Å²) < 4.78 is 1.55. The van der Waals surface area contributed by atoms with Crippen LogP contribution in [0.4, 0.5) is 0 Å². The first-order chi connectivity index (χ1) is 9.79. The summed E-state index contributed by atoms with van der Waals surface area (Å²) in [5.41, 5.74) is 2.61. The molecule has 0 aliphatic rings. The normalized spacial score (nSPS) is 10.7. The predicted molar refractivity (Wildman–Crippen MR) is 74.6 cm³/mol. The topological polar surface area (TPSA) is 76.5 Å². The summed E-state index contributed by atoms with van der Waals surface area (Å²) in [4.78, 5) is 16.8. The van der Waals surface area contributed by atoms with Crippen molar-refractivity contribution in [3.63, 3.8) is 0 Å². The van der Waals surface area contributed by atoms with Crippen LogP contribution in [0.15, 0.2) is 47.7 Å². The van der Waals surface area contributed by atoms with Gasteiger partial charge in [0.15, 0.2) is 0 Å². The Morgan fingerprint density at radius 1 is 1.30 bits per heavy atom. The molecule has 0 aliphatic carbocycles. The van der Waals surface area contributed by atoms with E-state index in [4.69, 9.17) is 0 Å². The van der Waals surface area contributed by atoms with E-state index in [-0.39, 0.29) is 5.56 Å². The number of aryl methyl sites for hydroxylation is 1. The number of hydrogen-bond donors (Lipinski definition) is 1. The van der Waals surface area contributed by atoms with Crippen LogP contribution in [0, 0.1) is 0 Å². The quantitative estimate of drug-likeness (QED) is 0.781. The highest BCUT2D eigenvalue weighted by Gasteiger charge is 2.09. The number of hydrogen-bond acceptors (Lipinski definition) is 4. The average Bonchev–Trinajstić information content (AvgIpc) is 3.02. The lowest BCUT2D eigenvalue weighted by Crippen LogP contribution is -2.19. The van der Waals surface area contributed by atoms with E-state index in [1.165, 1.54) is 0 Å². The van der Waals surface area contributed by atoms with Gasteiger partial charge in [0.1, 0.15) is 5.69 Å². The molecule has 3 heterocycles. The van der Waals surface area contributed by atoms with Gasteiger partial charge in [0.2, 0.25) is 0 Å². The van der Waals surface area contributed by atoms with Crippen molar-refractivity contribution < 1.29 is 0 Å². The zero-order chi connectivity index (χ0) is 13.9. The number of aromatic amines is 1. The van der Waals surface area contributed by atoms with Crippen molar-refractivity contribution in [3.05, 3.63) is 58.9 Å². The van der Waals surface area contributed by atoms with E-state index in [9.17, 15) is 4.79 Å². The summed E-state index contributed by atoms with van der Waals surface area (Å²) in [7, 11) is 0. The van der Waals surface area contributed by atoms with Crippen molar-refractivity contribution in [3.8, 4) is 16.9 Å². The van der Waals surface area contributed by atoms with Crippen LogP contribution in [0.5, 0.6) is 0 Å². The minimum atomic E-state index is -0.146. The van der Waals surface area contributed by atoms with Crippen LogP contribution in [0.2, 0.25) is 0 Å². The predicted octanol–water partition coefficient (Wildman–Crippen LogP) is 1.58. The highest BCUT2D eigenvalue weighted by atomic mass is 16.1. The second-order valence-corrected chi connectivity index (χ2v) is 4.32. The van der Waals surface area contributed by atoms with Crippen molar-refractivity contribution in [2.24, 2.45) is 0 Å². The first kappa shape index (κ1) is 12.3. The SMILES string of the molecule is CCc1ccc(-n2cccc(-c3c[nH]nn3)c2=O)cn1. The Balaban J connectivity index is 2.10. The van der Waals surface area contributed by atoms with Gasteiger partial charge >= 0.3 is 0 Å². The molecule has 0 amide bonds. The second kappa shape index (κ2) is 5.08. The van der Waals surface area contributed by atoms with E-state index in [2.05, 4.69) is 20.4 Å². The summed E-state index contributed by atoms with van der Waals surface area (Å²) in [5, 5.41) is 10.1. The second-order valence-electron chi connectivity index (χ2n) is 4.32. The third-order valence-electron chi connectivity index (χ3n) is 3.09. The van der Waals surface area contributed by atoms with Gasteiger partial charge in [-0.2, -0.15) is 0 Å². The summed E-state index contributed by atoms with van der Waals surface area (Å²) in [6, 6.07) is 7.34. The lowest BCUT2D eigenvalue weighted by atomic mass is 10.2. The number of H-pyrrole nitrogens is 1. The fourth-order valence-corrected chi connectivity index (χ4v) is 1.99. The zero-order valence-electron chi connectivity index (χ0n) is 10.9. The third kappa shape index (κ3) is 2.11. The Bertz CT molecular complexity index is 759. The lowest BCUT2D eigenvalue weighted by Gasteiger charge is -2.07. The Morgan fingerprint density at radius 3 is 2.85 bits per heavy atom. The molecule has 1 N–H and O–H groups in total. The number of nitrogens with one attached hydrogen (secondary N) is 1. The summed E-state index contributed by atoms with van der Waals surface area (Å²) in [5.74, 6) is 0. The van der Waals surface area contributed by atoms with Gasteiger partial charge in [-0.3, -0.25) is 19.4 Å². The average molecular weight is 267 g/mol. The van der Waals surface area contributed by atoms with Crippen LogP contribution in [0.25, 0.3) is 16.9 Å². The number of aromatic nitrogens is 5. The van der Waals surface area contributed by atoms with E-state index in [0.717, 1.165) is 17.8 Å². The summed E-state index contributed by atoms with van der Waals surface area (Å²) in [6.07, 6.45) is 5.88. The molecule has 3 rings (SSSR count). The van der Waals surface area contributed by atoms with Crippen LogP contribution in [-0.4, -0.2) is 25.0 Å². The van der Waals surface area contributed by atoms with Crippen LogP contribution in [0.1, 0.15) is 12.6 Å². The van der Waals surface area contributed by atoms with Gasteiger partial charge in [0, 0.05) is 11.9 Å². The number of rotatable bonds is 3. The van der Waals surface area contributed by atoms with Gasteiger partial charge in [0.25, 0.3) is 5.56 Å². The van der Waals surface area contributed by atoms with Crippen molar-refractivity contribution in [1.82, 2.24) is 25.0 Å². The van der Waals surface area contributed by atoms with Gasteiger partial charge in [-0.25, -0.2) is 0 Å². The number of pyridine rings is 2. The largest absolute Gasteiger partial charge is 0.282 e. The third-order valence-corrected chi connectivity index (χ3v) is 3.09. The van der Waals surface area contributed by atoms with Gasteiger partial charge in [-0.15, -0.1) is 5.10 Å². The van der Waals surface area contributed by atoms with Gasteiger partial charge in [0.05, 0.1) is 23.6 Å². The maximum Gasteiger partial charge on any atom is 0.264 e. The van der Waals surface area contributed by atoms with Crippen LogP contribution >= 0.6 is 0 Å². The molecule has 100 valence electrons. The molecule has 3 aromatic heterocycles. The molecule has 0 spiro atoms. The molecular weight excluding hydrogens is 254 g/mol. The molecule has 0 saturated carbocycles. The van der Waals surface area contributed by atoms with Crippen LogP contribution in [0.3, 0.4) is 0 Å². The molecule has 0 aromatic carbocycles. The van der Waals surface area contributed by atoms with Crippen molar-refractivity contribution in [1.29, 1.82) is 0 Å². The van der Waals surface area contributed by atoms with Crippen LogP contribution < -0.4 is 5.56 Å². The van der Waals surface area contributed by atoms with Gasteiger partial charge in [-0.05, 0) is 30.7 Å². The van der Waals surface area contributed by atoms with Crippen LogP contribution in [-0.2, 0) is 6.42 Å². The maximum absolute atomic E-state index is 12.5. The first-order valence-corrected chi connectivity index (χ1v) is 6.33. The van der Waals surface area contributed by atoms with E-state index in [0.29, 0.717) is 11.3 Å². The molecule has 3 aromatic rings. The molecule has 0 fully saturated rings.